The van der Waals surface area contributed by atoms with Crippen LogP contribution in [0, 0.1) is 13.8 Å². The van der Waals surface area contributed by atoms with Crippen LogP contribution in [0.25, 0.3) is 0 Å². The van der Waals surface area contributed by atoms with Gasteiger partial charge in [0.2, 0.25) is 0 Å². The second-order valence-corrected chi connectivity index (χ2v) is 7.50. The zero-order valence-electron chi connectivity index (χ0n) is 14.3. The highest BCUT2D eigenvalue weighted by molar-refractivity contribution is 7.99. The van der Waals surface area contributed by atoms with Gasteiger partial charge in [-0.2, -0.15) is 16.9 Å². The molecule has 2 atom stereocenters. The number of hydrogen-bond acceptors (Lipinski definition) is 3. The predicted octanol–water partition coefficient (Wildman–Crippen LogP) is 2.50. The maximum Gasteiger partial charge on any atom is 0.317 e. The summed E-state index contributed by atoms with van der Waals surface area (Å²) in [6, 6.07) is 0.503. The number of amides is 2. The summed E-state index contributed by atoms with van der Waals surface area (Å²) in [4.78, 5) is 14.5. The van der Waals surface area contributed by atoms with Gasteiger partial charge in [0.1, 0.15) is 0 Å². The number of thioether (sulfide) groups is 1. The molecule has 2 unspecified atom stereocenters. The molecule has 1 aliphatic heterocycles. The van der Waals surface area contributed by atoms with E-state index in [1.54, 1.807) is 0 Å². The number of urea groups is 1. The van der Waals surface area contributed by atoms with Crippen LogP contribution < -0.4 is 5.32 Å². The number of hydrogen-bond donors (Lipinski definition) is 1. The summed E-state index contributed by atoms with van der Waals surface area (Å²) in [5, 5.41) is 7.61. The second kappa shape index (κ2) is 7.40. The molecular weight excluding hydrogens is 296 g/mol. The number of nitrogens with zero attached hydrogens (tertiary/aromatic N) is 3. The molecule has 1 saturated heterocycles. The fourth-order valence-electron chi connectivity index (χ4n) is 2.96. The van der Waals surface area contributed by atoms with Crippen LogP contribution in [0.4, 0.5) is 4.79 Å². The normalized spacial score (nSPS) is 20.6. The van der Waals surface area contributed by atoms with E-state index in [1.165, 1.54) is 11.3 Å². The lowest BCUT2D eigenvalue weighted by Gasteiger charge is -2.28. The summed E-state index contributed by atoms with van der Waals surface area (Å²) < 4.78 is 1.91. The maximum absolute atomic E-state index is 12.5. The van der Waals surface area contributed by atoms with Gasteiger partial charge in [0.05, 0.1) is 5.69 Å². The molecule has 0 bridgehead atoms. The highest BCUT2D eigenvalue weighted by atomic mass is 32.2. The minimum Gasteiger partial charge on any atom is -0.335 e. The molecular formula is C16H28N4OS. The number of aromatic nitrogens is 2. The Morgan fingerprint density at radius 2 is 2.18 bits per heavy atom. The van der Waals surface area contributed by atoms with Crippen molar-refractivity contribution in [1.82, 2.24) is 20.0 Å². The van der Waals surface area contributed by atoms with E-state index < -0.39 is 0 Å². The number of rotatable bonds is 3. The van der Waals surface area contributed by atoms with Crippen LogP contribution in [0.3, 0.4) is 0 Å². The predicted molar refractivity (Wildman–Crippen MR) is 92.5 cm³/mol. The average molecular weight is 324 g/mol. The van der Waals surface area contributed by atoms with Gasteiger partial charge >= 0.3 is 6.03 Å². The Kier molecular flexibility index (Phi) is 5.78. The molecule has 1 aromatic heterocycles. The Morgan fingerprint density at radius 3 is 2.82 bits per heavy atom. The molecule has 2 heterocycles. The van der Waals surface area contributed by atoms with Crippen molar-refractivity contribution >= 4 is 17.8 Å². The molecule has 0 spiro atoms. The van der Waals surface area contributed by atoms with Crippen LogP contribution in [0.15, 0.2) is 0 Å². The number of aryl methyl sites for hydroxylation is 2. The molecule has 0 aliphatic carbocycles. The molecule has 2 amide bonds. The van der Waals surface area contributed by atoms with E-state index in [-0.39, 0.29) is 12.1 Å². The van der Waals surface area contributed by atoms with Gasteiger partial charge in [-0.3, -0.25) is 4.68 Å². The number of nitrogens with one attached hydrogen (secondary N) is 1. The van der Waals surface area contributed by atoms with Gasteiger partial charge in [0.15, 0.2) is 0 Å². The van der Waals surface area contributed by atoms with E-state index in [0.29, 0.717) is 6.04 Å². The first-order valence-electron chi connectivity index (χ1n) is 8.04. The molecule has 0 aromatic carbocycles. The zero-order chi connectivity index (χ0) is 16.3. The Balaban J connectivity index is 1.96. The fraction of sp³-hybridized carbons (Fsp3) is 0.750. The molecule has 5 nitrogen and oxygen atoms in total. The SMILES string of the molecule is Cc1nn(C)c(C)c1CC(C)NC(=O)N1CCSCCC1C. The minimum absolute atomic E-state index is 0.0710. The van der Waals surface area contributed by atoms with Crippen LogP contribution in [-0.2, 0) is 13.5 Å². The molecule has 1 aromatic rings. The summed E-state index contributed by atoms with van der Waals surface area (Å²) in [5.74, 6) is 2.18. The third-order valence-corrected chi connectivity index (χ3v) is 5.48. The van der Waals surface area contributed by atoms with Crippen molar-refractivity contribution in [3.05, 3.63) is 17.0 Å². The largest absolute Gasteiger partial charge is 0.335 e. The first-order chi connectivity index (χ1) is 10.4. The Labute approximate surface area is 137 Å². The molecule has 0 saturated carbocycles. The first-order valence-corrected chi connectivity index (χ1v) is 9.19. The van der Waals surface area contributed by atoms with E-state index in [4.69, 9.17) is 0 Å². The van der Waals surface area contributed by atoms with Crippen molar-refractivity contribution in [2.75, 3.05) is 18.1 Å². The van der Waals surface area contributed by atoms with Gasteiger partial charge in [0.25, 0.3) is 0 Å². The maximum atomic E-state index is 12.5. The highest BCUT2D eigenvalue weighted by Gasteiger charge is 2.23. The Morgan fingerprint density at radius 1 is 1.45 bits per heavy atom. The zero-order valence-corrected chi connectivity index (χ0v) is 15.2. The molecule has 124 valence electrons. The third-order valence-electron chi connectivity index (χ3n) is 4.49. The van der Waals surface area contributed by atoms with Gasteiger partial charge in [0, 0.05) is 37.1 Å². The lowest BCUT2D eigenvalue weighted by atomic mass is 10.1. The van der Waals surface area contributed by atoms with Crippen LogP contribution in [0.2, 0.25) is 0 Å². The van der Waals surface area contributed by atoms with Crippen LogP contribution in [0.1, 0.15) is 37.2 Å². The summed E-state index contributed by atoms with van der Waals surface area (Å²) in [7, 11) is 1.96. The van der Waals surface area contributed by atoms with Gasteiger partial charge < -0.3 is 10.2 Å². The lowest BCUT2D eigenvalue weighted by molar-refractivity contribution is 0.180. The summed E-state index contributed by atoms with van der Waals surface area (Å²) in [6.07, 6.45) is 1.90. The molecule has 2 rings (SSSR count). The standard InChI is InChI=1S/C16H28N4OS/c1-11(10-15-13(3)18-19(5)14(15)4)17-16(21)20-7-9-22-8-6-12(20)2/h11-12H,6-10H2,1-5H3,(H,17,21). The van der Waals surface area contributed by atoms with Crippen molar-refractivity contribution in [3.63, 3.8) is 0 Å². The van der Waals surface area contributed by atoms with E-state index >= 15 is 0 Å². The quantitative estimate of drug-likeness (QED) is 0.929. The number of carbonyl (C=O) groups excluding carboxylic acids is 1. The topological polar surface area (TPSA) is 50.2 Å². The summed E-state index contributed by atoms with van der Waals surface area (Å²) >= 11 is 1.94. The second-order valence-electron chi connectivity index (χ2n) is 6.27. The fourth-order valence-corrected chi connectivity index (χ4v) is 4.00. The van der Waals surface area contributed by atoms with Crippen molar-refractivity contribution < 1.29 is 4.79 Å². The van der Waals surface area contributed by atoms with E-state index in [0.717, 1.165) is 36.6 Å². The van der Waals surface area contributed by atoms with Crippen LogP contribution in [0.5, 0.6) is 0 Å². The Bertz CT molecular complexity index is 528. The average Bonchev–Trinajstić information content (AvgIpc) is 2.64. The highest BCUT2D eigenvalue weighted by Crippen LogP contribution is 2.17. The van der Waals surface area contributed by atoms with Gasteiger partial charge in [-0.25, -0.2) is 4.79 Å². The number of carbonyl (C=O) groups is 1. The summed E-state index contributed by atoms with van der Waals surface area (Å²) in [5.41, 5.74) is 3.48. The van der Waals surface area contributed by atoms with Crippen molar-refractivity contribution in [2.24, 2.45) is 7.05 Å². The molecule has 22 heavy (non-hydrogen) atoms. The molecule has 1 fully saturated rings. The van der Waals surface area contributed by atoms with E-state index in [2.05, 4.69) is 31.2 Å². The van der Waals surface area contributed by atoms with Crippen molar-refractivity contribution in [2.45, 2.75) is 52.6 Å². The molecule has 0 radical (unpaired) electrons. The monoisotopic (exact) mass is 324 g/mol. The van der Waals surface area contributed by atoms with Gasteiger partial charge in [-0.1, -0.05) is 0 Å². The van der Waals surface area contributed by atoms with Gasteiger partial charge in [-0.05, 0) is 51.9 Å². The summed E-state index contributed by atoms with van der Waals surface area (Å²) in [6.45, 7) is 9.17. The third kappa shape index (κ3) is 3.97. The van der Waals surface area contributed by atoms with Crippen molar-refractivity contribution in [1.29, 1.82) is 0 Å². The Hall–Kier alpha value is -1.17. The van der Waals surface area contributed by atoms with Crippen molar-refractivity contribution in [3.8, 4) is 0 Å². The van der Waals surface area contributed by atoms with Gasteiger partial charge in [-0.15, -0.1) is 0 Å². The lowest BCUT2D eigenvalue weighted by Crippen LogP contribution is -2.48. The smallest absolute Gasteiger partial charge is 0.317 e. The first kappa shape index (κ1) is 17.2. The van der Waals surface area contributed by atoms with E-state index in [1.807, 2.05) is 35.3 Å². The molecule has 6 heteroatoms. The molecule has 1 N–H and O–H groups in total. The van der Waals surface area contributed by atoms with Crippen LogP contribution >= 0.6 is 11.8 Å². The van der Waals surface area contributed by atoms with Crippen LogP contribution in [-0.4, -0.2) is 50.8 Å². The minimum atomic E-state index is 0.0710. The van der Waals surface area contributed by atoms with E-state index in [9.17, 15) is 4.79 Å². The molecule has 1 aliphatic rings.